The van der Waals surface area contributed by atoms with Crippen molar-refractivity contribution in [3.05, 3.63) is 120 Å². The molecule has 0 saturated carbocycles. The van der Waals surface area contributed by atoms with Crippen molar-refractivity contribution in [2.75, 3.05) is 20.8 Å². The first-order valence-electron chi connectivity index (χ1n) is 13.1. The van der Waals surface area contributed by atoms with Crippen molar-refractivity contribution in [1.82, 2.24) is 4.57 Å². The highest BCUT2D eigenvalue weighted by molar-refractivity contribution is 7.07. The summed E-state index contributed by atoms with van der Waals surface area (Å²) in [5.74, 6) is 1.15. The van der Waals surface area contributed by atoms with Gasteiger partial charge < -0.3 is 18.9 Å². The van der Waals surface area contributed by atoms with Gasteiger partial charge in [-0.1, -0.05) is 65.9 Å². The van der Waals surface area contributed by atoms with Gasteiger partial charge in [-0.05, 0) is 49.2 Å². The van der Waals surface area contributed by atoms with Crippen LogP contribution < -0.4 is 29.1 Å². The maximum atomic E-state index is 14.0. The third-order valence-corrected chi connectivity index (χ3v) is 7.67. The Morgan fingerprint density at radius 3 is 2.44 bits per heavy atom. The number of hydrogen-bond donors (Lipinski definition) is 0. The van der Waals surface area contributed by atoms with Gasteiger partial charge in [-0.15, -0.1) is 0 Å². The van der Waals surface area contributed by atoms with E-state index in [2.05, 4.69) is 4.99 Å². The van der Waals surface area contributed by atoms with Gasteiger partial charge in [0.15, 0.2) is 16.3 Å². The molecule has 0 N–H and O–H groups in total. The quantitative estimate of drug-likeness (QED) is 0.277. The molecule has 5 rings (SSSR count). The zero-order chi connectivity index (χ0) is 28.9. The summed E-state index contributed by atoms with van der Waals surface area (Å²) in [7, 11) is 3.09. The predicted octanol–water partition coefficient (Wildman–Crippen LogP) is 4.39. The van der Waals surface area contributed by atoms with Gasteiger partial charge in [-0.2, -0.15) is 0 Å². The molecule has 0 aliphatic carbocycles. The van der Waals surface area contributed by atoms with Crippen LogP contribution in [-0.4, -0.2) is 31.4 Å². The Bertz CT molecular complexity index is 1790. The number of carbonyl (C=O) groups excluding carboxylic acids is 1. The van der Waals surface area contributed by atoms with E-state index in [-0.39, 0.29) is 12.2 Å². The van der Waals surface area contributed by atoms with Crippen LogP contribution in [0.3, 0.4) is 0 Å². The van der Waals surface area contributed by atoms with Crippen LogP contribution in [0.1, 0.15) is 36.6 Å². The van der Waals surface area contributed by atoms with Crippen molar-refractivity contribution >= 4 is 23.4 Å². The molecule has 210 valence electrons. The van der Waals surface area contributed by atoms with Crippen molar-refractivity contribution in [2.45, 2.75) is 26.5 Å². The number of nitrogens with zero attached hydrogens (tertiary/aromatic N) is 2. The van der Waals surface area contributed by atoms with Gasteiger partial charge in [0, 0.05) is 5.56 Å². The Morgan fingerprint density at radius 1 is 0.976 bits per heavy atom. The topological polar surface area (TPSA) is 88.4 Å². The second kappa shape index (κ2) is 12.3. The van der Waals surface area contributed by atoms with Crippen LogP contribution in [0.4, 0.5) is 0 Å². The maximum absolute atomic E-state index is 14.0. The number of thiazole rings is 1. The molecule has 41 heavy (non-hydrogen) atoms. The zero-order valence-electron chi connectivity index (χ0n) is 23.2. The second-order valence-electron chi connectivity index (χ2n) is 9.23. The van der Waals surface area contributed by atoms with Gasteiger partial charge in [0.05, 0.1) is 42.7 Å². The van der Waals surface area contributed by atoms with Gasteiger partial charge in [-0.25, -0.2) is 9.79 Å². The average Bonchev–Trinajstić information content (AvgIpc) is 3.30. The van der Waals surface area contributed by atoms with E-state index in [1.165, 1.54) is 18.4 Å². The number of esters is 1. The molecule has 8 nitrogen and oxygen atoms in total. The summed E-state index contributed by atoms with van der Waals surface area (Å²) in [5.41, 5.74) is 2.98. The molecule has 0 saturated heterocycles. The summed E-state index contributed by atoms with van der Waals surface area (Å²) in [4.78, 5) is 32.3. The molecular formula is C32H30N2O6S. The molecule has 1 aliphatic rings. The Labute approximate surface area is 241 Å². The van der Waals surface area contributed by atoms with E-state index in [0.717, 1.165) is 11.1 Å². The average molecular weight is 571 g/mol. The van der Waals surface area contributed by atoms with E-state index >= 15 is 0 Å². The van der Waals surface area contributed by atoms with Crippen LogP contribution in [0.25, 0.3) is 6.08 Å². The smallest absolute Gasteiger partial charge is 0.338 e. The number of para-hydroxylation sites is 1. The first-order chi connectivity index (χ1) is 19.9. The Kier molecular flexibility index (Phi) is 8.35. The van der Waals surface area contributed by atoms with Crippen LogP contribution in [0.5, 0.6) is 17.2 Å². The molecule has 1 unspecified atom stereocenters. The van der Waals surface area contributed by atoms with E-state index in [1.807, 2.05) is 60.7 Å². The van der Waals surface area contributed by atoms with Gasteiger partial charge in [-0.3, -0.25) is 9.36 Å². The van der Waals surface area contributed by atoms with Crippen LogP contribution in [0.15, 0.2) is 93.9 Å². The van der Waals surface area contributed by atoms with Crippen LogP contribution in [0.2, 0.25) is 0 Å². The number of carbonyl (C=O) groups is 1. The van der Waals surface area contributed by atoms with Crippen LogP contribution in [-0.2, 0) is 16.1 Å². The lowest BCUT2D eigenvalue weighted by Gasteiger charge is -2.25. The van der Waals surface area contributed by atoms with E-state index < -0.39 is 12.0 Å². The Balaban J connectivity index is 1.63. The van der Waals surface area contributed by atoms with Crippen LogP contribution in [0, 0.1) is 0 Å². The molecule has 0 bridgehead atoms. The van der Waals surface area contributed by atoms with Gasteiger partial charge in [0.25, 0.3) is 5.56 Å². The van der Waals surface area contributed by atoms with Crippen molar-refractivity contribution in [2.24, 2.45) is 4.99 Å². The zero-order valence-corrected chi connectivity index (χ0v) is 24.1. The monoisotopic (exact) mass is 570 g/mol. The third-order valence-electron chi connectivity index (χ3n) is 6.68. The molecule has 0 fully saturated rings. The number of allylic oxidation sites excluding steroid dienone is 1. The Morgan fingerprint density at radius 2 is 1.71 bits per heavy atom. The molecule has 1 aliphatic heterocycles. The number of ether oxygens (including phenoxy) is 4. The summed E-state index contributed by atoms with van der Waals surface area (Å²) in [6.07, 6.45) is 1.80. The maximum Gasteiger partial charge on any atom is 0.338 e. The summed E-state index contributed by atoms with van der Waals surface area (Å²) < 4.78 is 24.4. The molecule has 0 radical (unpaired) electrons. The second-order valence-corrected chi connectivity index (χ2v) is 10.2. The fourth-order valence-electron chi connectivity index (χ4n) is 4.74. The lowest BCUT2D eigenvalue weighted by atomic mass is 9.95. The lowest BCUT2D eigenvalue weighted by Crippen LogP contribution is -2.40. The molecule has 1 atom stereocenters. The van der Waals surface area contributed by atoms with Crippen molar-refractivity contribution in [3.8, 4) is 17.2 Å². The molecule has 4 aromatic rings. The number of aromatic nitrogens is 1. The van der Waals surface area contributed by atoms with E-state index in [1.54, 1.807) is 43.7 Å². The van der Waals surface area contributed by atoms with Crippen molar-refractivity contribution in [1.29, 1.82) is 0 Å². The Hall–Kier alpha value is -4.63. The normalized spacial score (nSPS) is 14.7. The highest BCUT2D eigenvalue weighted by Gasteiger charge is 2.34. The van der Waals surface area contributed by atoms with Gasteiger partial charge in [0.1, 0.15) is 12.4 Å². The summed E-state index contributed by atoms with van der Waals surface area (Å²) >= 11 is 1.26. The predicted molar refractivity (Wildman–Crippen MR) is 157 cm³/mol. The molecule has 0 spiro atoms. The number of fused-ring (bicyclic) bond motifs is 1. The fourth-order valence-corrected chi connectivity index (χ4v) is 5.78. The molecule has 2 heterocycles. The molecule has 0 amide bonds. The molecule has 1 aromatic heterocycles. The minimum Gasteiger partial charge on any atom is -0.493 e. The SMILES string of the molecule is CCOC(=O)C1=C(C)N=c2sc(=Cc3ccccc3OCc3ccccc3)c(=O)n2C1c1ccc(OC)c(OC)c1. The lowest BCUT2D eigenvalue weighted by molar-refractivity contribution is -0.139. The summed E-state index contributed by atoms with van der Waals surface area (Å²) in [5, 5.41) is 0. The largest absolute Gasteiger partial charge is 0.493 e. The highest BCUT2D eigenvalue weighted by Crippen LogP contribution is 2.36. The van der Waals surface area contributed by atoms with Crippen molar-refractivity contribution in [3.63, 3.8) is 0 Å². The number of methoxy groups -OCH3 is 2. The van der Waals surface area contributed by atoms with E-state index in [9.17, 15) is 9.59 Å². The van der Waals surface area contributed by atoms with E-state index in [4.69, 9.17) is 18.9 Å². The fraction of sp³-hybridized carbons (Fsp3) is 0.219. The number of benzene rings is 3. The standard InChI is InChI=1S/C32H30N2O6S/c1-5-39-31(36)28-20(2)33-32-34(29(28)23-15-16-25(37-3)26(17-23)38-4)30(35)27(41-32)18-22-13-9-10-14-24(22)40-19-21-11-7-6-8-12-21/h6-18,29H,5,19H2,1-4H3. The first-order valence-corrected chi connectivity index (χ1v) is 13.9. The summed E-state index contributed by atoms with van der Waals surface area (Å²) in [6, 6.07) is 22.0. The van der Waals surface area contributed by atoms with Crippen molar-refractivity contribution < 1.29 is 23.7 Å². The minimum absolute atomic E-state index is 0.193. The third kappa shape index (κ3) is 5.67. The molecule has 9 heteroatoms. The van der Waals surface area contributed by atoms with Gasteiger partial charge >= 0.3 is 5.97 Å². The highest BCUT2D eigenvalue weighted by atomic mass is 32.1. The minimum atomic E-state index is -0.767. The summed E-state index contributed by atoms with van der Waals surface area (Å²) in [6.45, 7) is 4.09. The number of rotatable bonds is 9. The van der Waals surface area contributed by atoms with Gasteiger partial charge in [0.2, 0.25) is 0 Å². The first kappa shape index (κ1) is 27.9. The number of hydrogen-bond acceptors (Lipinski definition) is 8. The molecular weight excluding hydrogens is 540 g/mol. The van der Waals surface area contributed by atoms with Crippen LogP contribution >= 0.6 is 11.3 Å². The van der Waals surface area contributed by atoms with E-state index in [0.29, 0.717) is 50.0 Å². The molecule has 3 aromatic carbocycles.